The normalized spacial score (nSPS) is 25.1. The highest BCUT2D eigenvalue weighted by Crippen LogP contribution is 2.26. The van der Waals surface area contributed by atoms with Gasteiger partial charge >= 0.3 is 0 Å². The van der Waals surface area contributed by atoms with Crippen molar-refractivity contribution in [2.75, 3.05) is 57.4 Å². The predicted octanol–water partition coefficient (Wildman–Crippen LogP) is 1.63. The Morgan fingerprint density at radius 3 is 2.36 bits per heavy atom. The zero-order valence-electron chi connectivity index (χ0n) is 17.3. The number of hydrogen-bond acceptors (Lipinski definition) is 6. The molecule has 28 heavy (non-hydrogen) atoms. The number of rotatable bonds is 3. The first kappa shape index (κ1) is 19.6. The van der Waals surface area contributed by atoms with Crippen molar-refractivity contribution >= 4 is 11.9 Å². The molecule has 0 spiro atoms. The molecule has 1 atom stereocenters. The molecule has 7 nitrogen and oxygen atoms in total. The fourth-order valence-electron chi connectivity index (χ4n) is 4.86. The number of ether oxygens (including phenoxy) is 1. The standard InChI is InChI=1S/C21H33N5O2/c1-16-14-17(2)23-21(22-16)25-8-5-19(6-9-25)26-7-3-4-18(15-26)20(27)24-10-12-28-13-11-24/h14,18-19H,3-13,15H2,1-2H3/t18-/m1/s1. The van der Waals surface area contributed by atoms with Crippen molar-refractivity contribution in [1.29, 1.82) is 0 Å². The Morgan fingerprint density at radius 2 is 1.68 bits per heavy atom. The Bertz CT molecular complexity index is 663. The zero-order chi connectivity index (χ0) is 19.5. The van der Waals surface area contributed by atoms with E-state index in [9.17, 15) is 4.79 Å². The van der Waals surface area contributed by atoms with Crippen LogP contribution in [0.4, 0.5) is 5.95 Å². The van der Waals surface area contributed by atoms with Gasteiger partial charge in [-0.05, 0) is 52.1 Å². The van der Waals surface area contributed by atoms with E-state index in [-0.39, 0.29) is 5.92 Å². The minimum atomic E-state index is 0.160. The van der Waals surface area contributed by atoms with Gasteiger partial charge in [0.15, 0.2) is 0 Å². The van der Waals surface area contributed by atoms with E-state index in [0.29, 0.717) is 25.2 Å². The van der Waals surface area contributed by atoms with E-state index in [1.807, 2.05) is 24.8 Å². The van der Waals surface area contributed by atoms with E-state index in [0.717, 1.165) is 82.3 Å². The van der Waals surface area contributed by atoms with Crippen molar-refractivity contribution in [3.8, 4) is 0 Å². The molecule has 154 valence electrons. The van der Waals surface area contributed by atoms with Gasteiger partial charge in [0, 0.05) is 50.2 Å². The van der Waals surface area contributed by atoms with Crippen molar-refractivity contribution in [3.05, 3.63) is 17.5 Å². The van der Waals surface area contributed by atoms with Crippen LogP contribution in [-0.4, -0.2) is 84.2 Å². The largest absolute Gasteiger partial charge is 0.378 e. The molecule has 3 saturated heterocycles. The maximum atomic E-state index is 12.9. The van der Waals surface area contributed by atoms with Gasteiger partial charge in [-0.15, -0.1) is 0 Å². The highest BCUT2D eigenvalue weighted by atomic mass is 16.5. The van der Waals surface area contributed by atoms with Crippen LogP contribution in [0.5, 0.6) is 0 Å². The van der Waals surface area contributed by atoms with Crippen molar-refractivity contribution in [3.63, 3.8) is 0 Å². The van der Waals surface area contributed by atoms with E-state index >= 15 is 0 Å². The SMILES string of the molecule is Cc1cc(C)nc(N2CCC(N3CCC[C@@H](C(=O)N4CCOCC4)C3)CC2)n1. The van der Waals surface area contributed by atoms with Crippen LogP contribution in [0.3, 0.4) is 0 Å². The first-order valence-corrected chi connectivity index (χ1v) is 10.8. The number of piperidine rings is 2. The number of aromatic nitrogens is 2. The number of aryl methyl sites for hydroxylation is 2. The highest BCUT2D eigenvalue weighted by Gasteiger charge is 2.34. The quantitative estimate of drug-likeness (QED) is 0.786. The van der Waals surface area contributed by atoms with Crippen molar-refractivity contribution in [2.24, 2.45) is 5.92 Å². The van der Waals surface area contributed by atoms with Crippen LogP contribution in [0.15, 0.2) is 6.07 Å². The van der Waals surface area contributed by atoms with Crippen LogP contribution in [0.1, 0.15) is 37.1 Å². The highest BCUT2D eigenvalue weighted by molar-refractivity contribution is 5.79. The molecule has 3 aliphatic heterocycles. The number of amides is 1. The molecule has 3 aliphatic rings. The van der Waals surface area contributed by atoms with E-state index in [2.05, 4.69) is 19.8 Å². The molecule has 0 aromatic carbocycles. The first-order valence-electron chi connectivity index (χ1n) is 10.8. The number of morpholine rings is 1. The molecule has 4 heterocycles. The molecule has 1 aromatic heterocycles. The third kappa shape index (κ3) is 4.46. The summed E-state index contributed by atoms with van der Waals surface area (Å²) >= 11 is 0. The minimum absolute atomic E-state index is 0.160. The Balaban J connectivity index is 1.32. The summed E-state index contributed by atoms with van der Waals surface area (Å²) in [6.45, 7) is 11.0. The molecule has 0 radical (unpaired) electrons. The van der Waals surface area contributed by atoms with Crippen LogP contribution < -0.4 is 4.90 Å². The van der Waals surface area contributed by atoms with Gasteiger partial charge in [0.05, 0.1) is 19.1 Å². The fraction of sp³-hybridized carbons (Fsp3) is 0.762. The van der Waals surface area contributed by atoms with E-state index in [1.54, 1.807) is 0 Å². The molecule has 1 aromatic rings. The number of nitrogens with zero attached hydrogens (tertiary/aromatic N) is 5. The molecule has 7 heteroatoms. The van der Waals surface area contributed by atoms with Crippen molar-refractivity contribution in [2.45, 2.75) is 45.6 Å². The number of carbonyl (C=O) groups is 1. The lowest BCUT2D eigenvalue weighted by Gasteiger charge is -2.43. The predicted molar refractivity (Wildman–Crippen MR) is 108 cm³/mol. The average molecular weight is 388 g/mol. The summed E-state index contributed by atoms with van der Waals surface area (Å²) in [5, 5.41) is 0. The number of hydrogen-bond donors (Lipinski definition) is 0. The topological polar surface area (TPSA) is 61.8 Å². The summed E-state index contributed by atoms with van der Waals surface area (Å²) in [7, 11) is 0. The zero-order valence-corrected chi connectivity index (χ0v) is 17.3. The van der Waals surface area contributed by atoms with Crippen molar-refractivity contribution in [1.82, 2.24) is 19.8 Å². The van der Waals surface area contributed by atoms with E-state index in [4.69, 9.17) is 4.74 Å². The summed E-state index contributed by atoms with van der Waals surface area (Å²) in [5.74, 6) is 1.37. The Kier molecular flexibility index (Phi) is 6.11. The number of likely N-dealkylation sites (tertiary alicyclic amines) is 1. The summed E-state index contributed by atoms with van der Waals surface area (Å²) in [6.07, 6.45) is 4.40. The van der Waals surface area contributed by atoms with Gasteiger partial charge < -0.3 is 14.5 Å². The molecular formula is C21H33N5O2. The van der Waals surface area contributed by atoms with Crippen LogP contribution in [0, 0.1) is 19.8 Å². The summed E-state index contributed by atoms with van der Waals surface area (Å²) in [4.78, 5) is 29.1. The molecule has 0 bridgehead atoms. The maximum Gasteiger partial charge on any atom is 0.227 e. The van der Waals surface area contributed by atoms with Gasteiger partial charge in [-0.25, -0.2) is 9.97 Å². The van der Waals surface area contributed by atoms with Crippen LogP contribution in [0.25, 0.3) is 0 Å². The second-order valence-corrected chi connectivity index (χ2v) is 8.44. The molecule has 4 rings (SSSR count). The molecule has 1 amide bonds. The summed E-state index contributed by atoms with van der Waals surface area (Å²) in [5.41, 5.74) is 2.07. The molecule has 0 saturated carbocycles. The van der Waals surface area contributed by atoms with Gasteiger partial charge in [0.25, 0.3) is 0 Å². The second kappa shape index (κ2) is 8.74. The molecule has 0 unspecified atom stereocenters. The summed E-state index contributed by atoms with van der Waals surface area (Å²) < 4.78 is 5.40. The Labute approximate surface area is 168 Å². The van der Waals surface area contributed by atoms with Gasteiger partial charge in [0.2, 0.25) is 11.9 Å². The monoisotopic (exact) mass is 387 g/mol. The lowest BCUT2D eigenvalue weighted by Crippen LogP contribution is -2.52. The Morgan fingerprint density at radius 1 is 1.00 bits per heavy atom. The minimum Gasteiger partial charge on any atom is -0.378 e. The molecular weight excluding hydrogens is 354 g/mol. The van der Waals surface area contributed by atoms with Crippen LogP contribution in [-0.2, 0) is 9.53 Å². The van der Waals surface area contributed by atoms with Crippen LogP contribution >= 0.6 is 0 Å². The van der Waals surface area contributed by atoms with Crippen molar-refractivity contribution < 1.29 is 9.53 Å². The smallest absolute Gasteiger partial charge is 0.227 e. The summed E-state index contributed by atoms with van der Waals surface area (Å²) in [6, 6.07) is 2.60. The molecule has 3 fully saturated rings. The van der Waals surface area contributed by atoms with Gasteiger partial charge in [-0.2, -0.15) is 0 Å². The fourth-order valence-corrected chi connectivity index (χ4v) is 4.86. The third-order valence-electron chi connectivity index (χ3n) is 6.36. The molecule has 0 N–H and O–H groups in total. The van der Waals surface area contributed by atoms with Gasteiger partial charge in [-0.3, -0.25) is 9.69 Å². The van der Waals surface area contributed by atoms with Crippen LogP contribution in [0.2, 0.25) is 0 Å². The lowest BCUT2D eigenvalue weighted by atomic mass is 9.92. The molecule has 0 aliphatic carbocycles. The first-order chi connectivity index (χ1) is 13.6. The number of carbonyl (C=O) groups excluding carboxylic acids is 1. The van der Waals surface area contributed by atoms with Gasteiger partial charge in [0.1, 0.15) is 0 Å². The third-order valence-corrected chi connectivity index (χ3v) is 6.36. The number of anilines is 1. The van der Waals surface area contributed by atoms with Gasteiger partial charge in [-0.1, -0.05) is 0 Å². The second-order valence-electron chi connectivity index (χ2n) is 8.44. The van der Waals surface area contributed by atoms with E-state index in [1.165, 1.54) is 0 Å². The maximum absolute atomic E-state index is 12.9. The lowest BCUT2D eigenvalue weighted by molar-refractivity contribution is -0.141. The average Bonchev–Trinajstić information content (AvgIpc) is 2.73. The Hall–Kier alpha value is -1.73. The van der Waals surface area contributed by atoms with E-state index < -0.39 is 0 Å².